The molecule has 0 heterocycles. The van der Waals surface area contributed by atoms with Crippen molar-refractivity contribution in [3.8, 4) is 5.75 Å². The van der Waals surface area contributed by atoms with Crippen molar-refractivity contribution >= 4 is 0 Å². The van der Waals surface area contributed by atoms with E-state index in [2.05, 4.69) is 0 Å². The predicted octanol–water partition coefficient (Wildman–Crippen LogP) is 2.39. The van der Waals surface area contributed by atoms with Gasteiger partial charge in [0.1, 0.15) is 11.4 Å². The topological polar surface area (TPSA) is 29.5 Å². The summed E-state index contributed by atoms with van der Waals surface area (Å²) >= 11 is 0. The maximum absolute atomic E-state index is 13.6. The number of benzene rings is 1. The molecule has 0 saturated heterocycles. The van der Waals surface area contributed by atoms with E-state index in [1.165, 1.54) is 21.0 Å². The molecule has 0 aromatic heterocycles. The molecule has 1 aromatic rings. The smallest absolute Gasteiger partial charge is 0.130 e. The van der Waals surface area contributed by atoms with Crippen LogP contribution >= 0.6 is 0 Å². The minimum atomic E-state index is -1.39. The molecule has 0 spiro atoms. The fraction of sp³-hybridized carbons (Fsp3) is 0.455. The van der Waals surface area contributed by atoms with E-state index >= 15 is 0 Å². The number of alkyl halides is 1. The first-order valence-corrected chi connectivity index (χ1v) is 4.46. The molecular formula is C11H15FO2. The van der Waals surface area contributed by atoms with Crippen molar-refractivity contribution < 1.29 is 14.2 Å². The summed E-state index contributed by atoms with van der Waals surface area (Å²) in [5.41, 5.74) is -0.242. The van der Waals surface area contributed by atoms with Gasteiger partial charge in [0.2, 0.25) is 0 Å². The van der Waals surface area contributed by atoms with Crippen LogP contribution in [0.1, 0.15) is 25.0 Å². The lowest BCUT2D eigenvalue weighted by molar-refractivity contribution is 0.220. The molecule has 0 fully saturated rings. The Morgan fingerprint density at radius 2 is 2.07 bits per heavy atom. The molecule has 0 amide bonds. The second-order valence-electron chi connectivity index (χ2n) is 3.66. The van der Waals surface area contributed by atoms with Gasteiger partial charge in [-0.15, -0.1) is 0 Å². The van der Waals surface area contributed by atoms with Gasteiger partial charge in [0.05, 0.1) is 13.7 Å². The highest BCUT2D eigenvalue weighted by molar-refractivity contribution is 5.38. The molecule has 2 nitrogen and oxygen atoms in total. The first-order chi connectivity index (χ1) is 6.49. The quantitative estimate of drug-likeness (QED) is 0.808. The van der Waals surface area contributed by atoms with Crippen molar-refractivity contribution in [2.45, 2.75) is 26.1 Å². The second kappa shape index (κ2) is 3.96. The summed E-state index contributed by atoms with van der Waals surface area (Å²) in [5, 5.41) is 9.04. The third-order valence-corrected chi connectivity index (χ3v) is 2.14. The van der Waals surface area contributed by atoms with Crippen LogP contribution in [0.25, 0.3) is 0 Å². The molecule has 0 bridgehead atoms. The standard InChI is InChI=1S/C11H15FO2/c1-11(2,12)9-4-5-10(14-3)8(6-9)7-13/h4-6,13H,7H2,1-3H3. The van der Waals surface area contributed by atoms with Gasteiger partial charge in [0, 0.05) is 5.56 Å². The van der Waals surface area contributed by atoms with Crippen molar-refractivity contribution in [1.82, 2.24) is 0 Å². The average Bonchev–Trinajstić information content (AvgIpc) is 2.15. The van der Waals surface area contributed by atoms with Gasteiger partial charge in [0.15, 0.2) is 0 Å². The van der Waals surface area contributed by atoms with Gasteiger partial charge in [-0.1, -0.05) is 6.07 Å². The van der Waals surface area contributed by atoms with Crippen LogP contribution in [0.3, 0.4) is 0 Å². The number of aliphatic hydroxyl groups excluding tert-OH is 1. The van der Waals surface area contributed by atoms with E-state index in [-0.39, 0.29) is 6.61 Å². The number of methoxy groups -OCH3 is 1. The highest BCUT2D eigenvalue weighted by Crippen LogP contribution is 2.29. The Bertz CT molecular complexity index is 316. The van der Waals surface area contributed by atoms with E-state index in [9.17, 15) is 4.39 Å². The molecular weight excluding hydrogens is 183 g/mol. The first-order valence-electron chi connectivity index (χ1n) is 4.46. The molecule has 0 unspecified atom stereocenters. The first kappa shape index (κ1) is 11.0. The molecule has 1 rings (SSSR count). The Balaban J connectivity index is 3.14. The summed E-state index contributed by atoms with van der Waals surface area (Å²) in [6.45, 7) is 2.82. The van der Waals surface area contributed by atoms with E-state index in [0.717, 1.165) is 0 Å². The van der Waals surface area contributed by atoms with Crippen LogP contribution in [0.4, 0.5) is 4.39 Å². The van der Waals surface area contributed by atoms with Crippen molar-refractivity contribution in [1.29, 1.82) is 0 Å². The number of rotatable bonds is 3. The fourth-order valence-corrected chi connectivity index (χ4v) is 1.27. The van der Waals surface area contributed by atoms with E-state index < -0.39 is 5.67 Å². The number of hydrogen-bond acceptors (Lipinski definition) is 2. The van der Waals surface area contributed by atoms with Crippen LogP contribution in [0.15, 0.2) is 18.2 Å². The summed E-state index contributed by atoms with van der Waals surface area (Å²) in [4.78, 5) is 0. The van der Waals surface area contributed by atoms with Crippen molar-refractivity contribution in [2.75, 3.05) is 7.11 Å². The molecule has 0 aliphatic carbocycles. The van der Waals surface area contributed by atoms with Crippen LogP contribution in [0, 0.1) is 0 Å². The Kier molecular flexibility index (Phi) is 3.11. The Morgan fingerprint density at radius 3 is 2.50 bits per heavy atom. The minimum absolute atomic E-state index is 0.146. The summed E-state index contributed by atoms with van der Waals surface area (Å²) in [5.74, 6) is 0.584. The van der Waals surface area contributed by atoms with Crippen LogP contribution in [0.2, 0.25) is 0 Å². The molecule has 0 saturated carbocycles. The highest BCUT2D eigenvalue weighted by atomic mass is 19.1. The molecule has 0 aliphatic rings. The molecule has 78 valence electrons. The number of hydrogen-bond donors (Lipinski definition) is 1. The minimum Gasteiger partial charge on any atom is -0.496 e. The summed E-state index contributed by atoms with van der Waals surface area (Å²) in [6, 6.07) is 4.96. The molecule has 1 aromatic carbocycles. The lowest BCUT2D eigenvalue weighted by Gasteiger charge is -2.16. The van der Waals surface area contributed by atoms with Crippen molar-refractivity contribution in [2.24, 2.45) is 0 Å². The third kappa shape index (κ3) is 2.23. The molecule has 0 radical (unpaired) electrons. The fourth-order valence-electron chi connectivity index (χ4n) is 1.27. The number of ether oxygens (including phenoxy) is 1. The molecule has 0 aliphatic heterocycles. The monoisotopic (exact) mass is 198 g/mol. The molecule has 14 heavy (non-hydrogen) atoms. The average molecular weight is 198 g/mol. The number of halogens is 1. The zero-order chi connectivity index (χ0) is 10.8. The highest BCUT2D eigenvalue weighted by Gasteiger charge is 2.19. The van der Waals surface area contributed by atoms with Crippen molar-refractivity contribution in [3.63, 3.8) is 0 Å². The largest absolute Gasteiger partial charge is 0.496 e. The molecule has 3 heteroatoms. The lowest BCUT2D eigenvalue weighted by Crippen LogP contribution is -2.09. The van der Waals surface area contributed by atoms with E-state index in [1.54, 1.807) is 18.2 Å². The Labute approximate surface area is 83.3 Å². The maximum atomic E-state index is 13.6. The van der Waals surface area contributed by atoms with Crippen LogP contribution < -0.4 is 4.74 Å². The van der Waals surface area contributed by atoms with Gasteiger partial charge in [-0.25, -0.2) is 4.39 Å². The van der Waals surface area contributed by atoms with Crippen LogP contribution in [-0.2, 0) is 12.3 Å². The SMILES string of the molecule is COc1ccc(C(C)(C)F)cc1CO. The van der Waals surface area contributed by atoms with Gasteiger partial charge in [-0.05, 0) is 31.5 Å². The van der Waals surface area contributed by atoms with Crippen molar-refractivity contribution in [3.05, 3.63) is 29.3 Å². The van der Waals surface area contributed by atoms with Gasteiger partial charge in [0.25, 0.3) is 0 Å². The van der Waals surface area contributed by atoms with Crippen LogP contribution in [-0.4, -0.2) is 12.2 Å². The van der Waals surface area contributed by atoms with E-state index in [1.807, 2.05) is 0 Å². The van der Waals surface area contributed by atoms with E-state index in [4.69, 9.17) is 9.84 Å². The van der Waals surface area contributed by atoms with Gasteiger partial charge in [-0.2, -0.15) is 0 Å². The zero-order valence-electron chi connectivity index (χ0n) is 8.67. The van der Waals surface area contributed by atoms with Gasteiger partial charge in [-0.3, -0.25) is 0 Å². The lowest BCUT2D eigenvalue weighted by atomic mass is 9.98. The van der Waals surface area contributed by atoms with E-state index in [0.29, 0.717) is 16.9 Å². The number of aliphatic hydroxyl groups is 1. The Hall–Kier alpha value is -1.09. The van der Waals surface area contributed by atoms with Gasteiger partial charge < -0.3 is 9.84 Å². The maximum Gasteiger partial charge on any atom is 0.130 e. The zero-order valence-corrected chi connectivity index (χ0v) is 8.67. The molecule has 0 atom stereocenters. The Morgan fingerprint density at radius 1 is 1.43 bits per heavy atom. The van der Waals surface area contributed by atoms with Gasteiger partial charge >= 0.3 is 0 Å². The third-order valence-electron chi connectivity index (χ3n) is 2.14. The molecule has 1 N–H and O–H groups in total. The summed E-state index contributed by atoms with van der Waals surface area (Å²) < 4.78 is 18.6. The second-order valence-corrected chi connectivity index (χ2v) is 3.66. The van der Waals surface area contributed by atoms with Crippen LogP contribution in [0.5, 0.6) is 5.75 Å². The normalized spacial score (nSPS) is 11.5. The summed E-state index contributed by atoms with van der Waals surface area (Å²) in [7, 11) is 1.52. The summed E-state index contributed by atoms with van der Waals surface area (Å²) in [6.07, 6.45) is 0. The predicted molar refractivity (Wildman–Crippen MR) is 53.1 cm³/mol.